The third-order valence-corrected chi connectivity index (χ3v) is 14.1. The van der Waals surface area contributed by atoms with Crippen LogP contribution in [0.15, 0.2) is 0 Å². The van der Waals surface area contributed by atoms with E-state index in [-0.39, 0.29) is 10.4 Å². The SMILES string of the molecule is CC1CCCCC1(OC1([Si](C)(C)C)CCCCC1C)[Si](C)(C)C. The van der Waals surface area contributed by atoms with Gasteiger partial charge in [0, 0.05) is 0 Å². The van der Waals surface area contributed by atoms with Gasteiger partial charge in [-0.2, -0.15) is 0 Å². The summed E-state index contributed by atoms with van der Waals surface area (Å²) in [6.07, 6.45) is 11.0. The Kier molecular flexibility index (Phi) is 5.66. The number of rotatable bonds is 4. The average Bonchev–Trinajstić information content (AvgIpc) is 2.41. The third kappa shape index (κ3) is 3.39. The highest BCUT2D eigenvalue weighted by Gasteiger charge is 2.58. The zero-order valence-corrected chi connectivity index (χ0v) is 19.2. The standard InChI is InChI=1S/C20H42OSi2/c1-17-13-9-11-15-19(17,22(3,4)5)21-20(23(6,7)8)16-12-10-14-18(20)2/h17-18H,9-16H2,1-8H3. The summed E-state index contributed by atoms with van der Waals surface area (Å²) in [5.74, 6) is 1.48. The smallest absolute Gasteiger partial charge is 0.0827 e. The van der Waals surface area contributed by atoms with E-state index in [9.17, 15) is 0 Å². The van der Waals surface area contributed by atoms with E-state index in [1.54, 1.807) is 0 Å². The molecule has 0 saturated heterocycles. The van der Waals surface area contributed by atoms with Crippen LogP contribution in [0.2, 0.25) is 39.3 Å². The molecular weight excluding hydrogens is 312 g/mol. The van der Waals surface area contributed by atoms with Gasteiger partial charge in [0.15, 0.2) is 0 Å². The molecule has 0 aromatic heterocycles. The summed E-state index contributed by atoms with van der Waals surface area (Å²) in [5, 5.41) is 0.411. The van der Waals surface area contributed by atoms with Gasteiger partial charge in [0.25, 0.3) is 0 Å². The lowest BCUT2D eigenvalue weighted by molar-refractivity contribution is -0.152. The van der Waals surface area contributed by atoms with E-state index in [0.29, 0.717) is 0 Å². The summed E-state index contributed by atoms with van der Waals surface area (Å²) in [6.45, 7) is 20.4. The molecule has 2 aliphatic rings. The Morgan fingerprint density at radius 3 is 1.26 bits per heavy atom. The summed E-state index contributed by atoms with van der Waals surface area (Å²) in [4.78, 5) is 0. The van der Waals surface area contributed by atoms with Crippen LogP contribution in [0.3, 0.4) is 0 Å². The lowest BCUT2D eigenvalue weighted by Crippen LogP contribution is -2.70. The first-order valence-corrected chi connectivity index (χ1v) is 17.2. The Morgan fingerprint density at radius 2 is 1.00 bits per heavy atom. The van der Waals surface area contributed by atoms with Gasteiger partial charge >= 0.3 is 0 Å². The Bertz CT molecular complexity index is 371. The van der Waals surface area contributed by atoms with Crippen molar-refractivity contribution < 1.29 is 4.74 Å². The van der Waals surface area contributed by atoms with Gasteiger partial charge in [-0.15, -0.1) is 0 Å². The first-order chi connectivity index (χ1) is 10.5. The van der Waals surface area contributed by atoms with Crippen molar-refractivity contribution in [2.24, 2.45) is 11.8 Å². The molecule has 0 bridgehead atoms. The second kappa shape index (κ2) is 6.60. The molecule has 4 atom stereocenters. The molecular formula is C20H42OSi2. The van der Waals surface area contributed by atoms with E-state index < -0.39 is 16.1 Å². The van der Waals surface area contributed by atoms with Gasteiger partial charge in [0.1, 0.15) is 0 Å². The van der Waals surface area contributed by atoms with Crippen molar-refractivity contribution in [3.63, 3.8) is 0 Å². The summed E-state index contributed by atoms with van der Waals surface area (Å²) >= 11 is 0. The molecule has 0 heterocycles. The predicted octanol–water partition coefficient (Wildman–Crippen LogP) is 6.66. The Balaban J connectivity index is 2.47. The largest absolute Gasteiger partial charge is 0.375 e. The van der Waals surface area contributed by atoms with Gasteiger partial charge < -0.3 is 4.74 Å². The zero-order chi connectivity index (χ0) is 17.5. The molecule has 2 fully saturated rings. The van der Waals surface area contributed by atoms with Crippen LogP contribution in [0.1, 0.15) is 65.2 Å². The monoisotopic (exact) mass is 354 g/mol. The van der Waals surface area contributed by atoms with Crippen LogP contribution < -0.4 is 0 Å². The molecule has 0 N–H and O–H groups in total. The second-order valence-electron chi connectivity index (χ2n) is 10.7. The molecule has 0 radical (unpaired) electrons. The van der Waals surface area contributed by atoms with Crippen molar-refractivity contribution in [3.05, 3.63) is 0 Å². The first kappa shape index (κ1) is 19.7. The molecule has 2 saturated carbocycles. The Labute approximate surface area is 148 Å². The van der Waals surface area contributed by atoms with Crippen LogP contribution in [-0.2, 0) is 4.74 Å². The molecule has 2 rings (SSSR count). The van der Waals surface area contributed by atoms with Gasteiger partial charge in [0.2, 0.25) is 0 Å². The van der Waals surface area contributed by atoms with Gasteiger partial charge in [0.05, 0.1) is 26.6 Å². The highest BCUT2D eigenvalue weighted by atomic mass is 28.3. The molecule has 2 aliphatic carbocycles. The van der Waals surface area contributed by atoms with Crippen LogP contribution in [0.25, 0.3) is 0 Å². The van der Waals surface area contributed by atoms with E-state index in [1.807, 2.05) is 0 Å². The predicted molar refractivity (Wildman–Crippen MR) is 109 cm³/mol. The van der Waals surface area contributed by atoms with Gasteiger partial charge in [-0.3, -0.25) is 0 Å². The van der Waals surface area contributed by atoms with Crippen LogP contribution >= 0.6 is 0 Å². The molecule has 0 aliphatic heterocycles. The fourth-order valence-corrected chi connectivity index (χ4v) is 12.0. The quantitative estimate of drug-likeness (QED) is 0.513. The van der Waals surface area contributed by atoms with Gasteiger partial charge in [-0.05, 0) is 37.5 Å². The summed E-state index contributed by atoms with van der Waals surface area (Å²) in [6, 6.07) is 0. The highest BCUT2D eigenvalue weighted by molar-refractivity contribution is 6.80. The minimum atomic E-state index is -1.41. The van der Waals surface area contributed by atoms with Crippen molar-refractivity contribution in [2.45, 2.75) is 115 Å². The van der Waals surface area contributed by atoms with Crippen LogP contribution in [0.5, 0.6) is 0 Å². The Morgan fingerprint density at radius 1 is 0.652 bits per heavy atom. The molecule has 0 amide bonds. The maximum Gasteiger partial charge on any atom is 0.0827 e. The number of hydrogen-bond acceptors (Lipinski definition) is 1. The van der Waals surface area contributed by atoms with Crippen molar-refractivity contribution >= 4 is 16.1 Å². The Hall–Kier alpha value is 0.394. The molecule has 1 nitrogen and oxygen atoms in total. The lowest BCUT2D eigenvalue weighted by Gasteiger charge is -2.60. The van der Waals surface area contributed by atoms with Crippen LogP contribution in [0, 0.1) is 11.8 Å². The number of hydrogen-bond donors (Lipinski definition) is 0. The molecule has 0 aromatic carbocycles. The molecule has 3 heteroatoms. The van der Waals surface area contributed by atoms with E-state index in [2.05, 4.69) is 53.1 Å². The fraction of sp³-hybridized carbons (Fsp3) is 1.00. The van der Waals surface area contributed by atoms with Gasteiger partial charge in [-0.1, -0.05) is 78.8 Å². The summed E-state index contributed by atoms with van der Waals surface area (Å²) in [5.41, 5.74) is 0. The molecule has 136 valence electrons. The van der Waals surface area contributed by atoms with E-state index in [4.69, 9.17) is 4.74 Å². The second-order valence-corrected chi connectivity index (χ2v) is 21.4. The summed E-state index contributed by atoms with van der Waals surface area (Å²) in [7, 11) is -2.82. The van der Waals surface area contributed by atoms with E-state index >= 15 is 0 Å². The fourth-order valence-electron chi connectivity index (χ4n) is 5.80. The number of ether oxygens (including phenoxy) is 1. The van der Waals surface area contributed by atoms with Crippen molar-refractivity contribution in [1.29, 1.82) is 0 Å². The topological polar surface area (TPSA) is 9.23 Å². The lowest BCUT2D eigenvalue weighted by atomic mass is 9.84. The minimum absolute atomic E-state index is 0.205. The molecule has 23 heavy (non-hydrogen) atoms. The van der Waals surface area contributed by atoms with Gasteiger partial charge in [-0.25, -0.2) is 0 Å². The normalized spacial score (nSPS) is 40.2. The van der Waals surface area contributed by atoms with E-state index in [0.717, 1.165) is 11.8 Å². The maximum atomic E-state index is 7.58. The average molecular weight is 355 g/mol. The van der Waals surface area contributed by atoms with E-state index in [1.165, 1.54) is 51.4 Å². The summed E-state index contributed by atoms with van der Waals surface area (Å²) < 4.78 is 7.58. The molecule has 4 unspecified atom stereocenters. The maximum absolute atomic E-state index is 7.58. The highest BCUT2D eigenvalue weighted by Crippen LogP contribution is 2.52. The molecule has 0 spiro atoms. The van der Waals surface area contributed by atoms with Crippen molar-refractivity contribution in [1.82, 2.24) is 0 Å². The van der Waals surface area contributed by atoms with Crippen LogP contribution in [0.4, 0.5) is 0 Å². The minimum Gasteiger partial charge on any atom is -0.375 e. The third-order valence-electron chi connectivity index (χ3n) is 7.37. The molecule has 0 aromatic rings. The first-order valence-electron chi connectivity index (χ1n) is 10.2. The van der Waals surface area contributed by atoms with Crippen LogP contribution in [-0.4, -0.2) is 26.6 Å². The zero-order valence-electron chi connectivity index (χ0n) is 17.2. The van der Waals surface area contributed by atoms with Crippen molar-refractivity contribution in [3.8, 4) is 0 Å². The van der Waals surface area contributed by atoms with Crippen molar-refractivity contribution in [2.75, 3.05) is 0 Å².